The molecule has 0 aliphatic carbocycles. The molecule has 6 heteroatoms. The Morgan fingerprint density at radius 2 is 2.33 bits per heavy atom. The van der Waals surface area contributed by atoms with Crippen LogP contribution in [0.4, 0.5) is 5.95 Å². The average molecular weight is 248 g/mol. The first-order valence-electron chi connectivity index (χ1n) is 5.66. The summed E-state index contributed by atoms with van der Waals surface area (Å²) in [5.74, 6) is 1.05. The van der Waals surface area contributed by atoms with Gasteiger partial charge in [-0.1, -0.05) is 6.07 Å². The molecule has 0 unspecified atom stereocenters. The van der Waals surface area contributed by atoms with Gasteiger partial charge in [-0.3, -0.25) is 4.79 Å². The summed E-state index contributed by atoms with van der Waals surface area (Å²) in [6.45, 7) is 2.58. The summed E-state index contributed by atoms with van der Waals surface area (Å²) < 4.78 is 7.09. The number of nitrogen functional groups attached to an aromatic ring is 1. The number of hydrogen-bond acceptors (Lipinski definition) is 4. The molecule has 0 aliphatic rings. The summed E-state index contributed by atoms with van der Waals surface area (Å²) in [6, 6.07) is 5.65. The molecule has 0 radical (unpaired) electrons. The van der Waals surface area contributed by atoms with Crippen molar-refractivity contribution in [3.05, 3.63) is 18.2 Å². The number of ether oxygens (including phenoxy) is 1. The lowest BCUT2D eigenvalue weighted by molar-refractivity contribution is -0.118. The van der Waals surface area contributed by atoms with Crippen LogP contribution in [0.1, 0.15) is 6.92 Å². The Kier molecular flexibility index (Phi) is 3.36. The molecule has 0 saturated heterocycles. The van der Waals surface area contributed by atoms with Gasteiger partial charge >= 0.3 is 0 Å². The standard InChI is InChI=1S/C12H16N4O2/c1-8(17)14-6-7-16-9-4-3-5-10(18-2)11(9)15-12(16)13/h3-5H,6-7H2,1-2H3,(H2,13,15)(H,14,17). The lowest BCUT2D eigenvalue weighted by Gasteiger charge is -2.07. The van der Waals surface area contributed by atoms with Gasteiger partial charge in [0, 0.05) is 20.0 Å². The van der Waals surface area contributed by atoms with Crippen molar-refractivity contribution in [3.63, 3.8) is 0 Å². The third-order valence-electron chi connectivity index (χ3n) is 2.70. The van der Waals surface area contributed by atoms with Crippen molar-refractivity contribution in [2.24, 2.45) is 0 Å². The van der Waals surface area contributed by atoms with E-state index in [1.807, 2.05) is 22.8 Å². The molecule has 6 nitrogen and oxygen atoms in total. The molecule has 18 heavy (non-hydrogen) atoms. The van der Waals surface area contributed by atoms with Crippen LogP contribution in [0, 0.1) is 0 Å². The van der Waals surface area contributed by atoms with Crippen LogP contribution < -0.4 is 15.8 Å². The van der Waals surface area contributed by atoms with E-state index in [2.05, 4.69) is 10.3 Å². The number of imidazole rings is 1. The largest absolute Gasteiger partial charge is 0.494 e. The Hall–Kier alpha value is -2.24. The van der Waals surface area contributed by atoms with E-state index in [9.17, 15) is 4.79 Å². The maximum atomic E-state index is 10.8. The highest BCUT2D eigenvalue weighted by atomic mass is 16.5. The van der Waals surface area contributed by atoms with Gasteiger partial charge in [-0.2, -0.15) is 0 Å². The number of carbonyl (C=O) groups excluding carboxylic acids is 1. The molecule has 2 aromatic rings. The SMILES string of the molecule is COc1cccc2c1nc(N)n2CCNC(C)=O. The molecular formula is C12H16N4O2. The fourth-order valence-corrected chi connectivity index (χ4v) is 1.88. The zero-order valence-corrected chi connectivity index (χ0v) is 10.4. The van der Waals surface area contributed by atoms with Gasteiger partial charge in [0.25, 0.3) is 0 Å². The van der Waals surface area contributed by atoms with E-state index in [-0.39, 0.29) is 5.91 Å². The van der Waals surface area contributed by atoms with Crippen molar-refractivity contribution in [2.75, 3.05) is 19.4 Å². The minimum Gasteiger partial charge on any atom is -0.494 e. The number of nitrogens with two attached hydrogens (primary N) is 1. The first-order valence-corrected chi connectivity index (χ1v) is 5.66. The topological polar surface area (TPSA) is 82.2 Å². The van der Waals surface area contributed by atoms with Crippen molar-refractivity contribution in [1.29, 1.82) is 0 Å². The van der Waals surface area contributed by atoms with E-state index in [0.717, 1.165) is 11.0 Å². The maximum absolute atomic E-state index is 10.8. The smallest absolute Gasteiger partial charge is 0.216 e. The maximum Gasteiger partial charge on any atom is 0.216 e. The van der Waals surface area contributed by atoms with E-state index >= 15 is 0 Å². The number of para-hydroxylation sites is 1. The van der Waals surface area contributed by atoms with Crippen LogP contribution in [0.25, 0.3) is 11.0 Å². The number of aromatic nitrogens is 2. The molecule has 0 bridgehead atoms. The van der Waals surface area contributed by atoms with Gasteiger partial charge in [-0.15, -0.1) is 0 Å². The summed E-state index contributed by atoms with van der Waals surface area (Å²) >= 11 is 0. The van der Waals surface area contributed by atoms with E-state index in [1.54, 1.807) is 7.11 Å². The molecule has 0 spiro atoms. The van der Waals surface area contributed by atoms with Crippen LogP contribution in [0.15, 0.2) is 18.2 Å². The Labute approximate surface area is 105 Å². The molecule has 0 atom stereocenters. The number of benzene rings is 1. The van der Waals surface area contributed by atoms with Crippen molar-refractivity contribution < 1.29 is 9.53 Å². The summed E-state index contributed by atoms with van der Waals surface area (Å²) in [5.41, 5.74) is 7.51. The van der Waals surface area contributed by atoms with Crippen molar-refractivity contribution >= 4 is 22.9 Å². The lowest BCUT2D eigenvalue weighted by Crippen LogP contribution is -2.24. The number of rotatable bonds is 4. The number of fused-ring (bicyclic) bond motifs is 1. The normalized spacial score (nSPS) is 10.6. The Morgan fingerprint density at radius 3 is 3.00 bits per heavy atom. The minimum atomic E-state index is -0.0597. The first-order chi connectivity index (χ1) is 8.63. The fraction of sp³-hybridized carbons (Fsp3) is 0.333. The number of nitrogens with one attached hydrogen (secondary N) is 1. The molecule has 0 aliphatic heterocycles. The van der Waals surface area contributed by atoms with Crippen LogP contribution >= 0.6 is 0 Å². The van der Waals surface area contributed by atoms with E-state index in [1.165, 1.54) is 6.92 Å². The highest BCUT2D eigenvalue weighted by Gasteiger charge is 2.11. The number of hydrogen-bond donors (Lipinski definition) is 2. The van der Waals surface area contributed by atoms with Crippen LogP contribution in [0.3, 0.4) is 0 Å². The van der Waals surface area contributed by atoms with E-state index in [0.29, 0.717) is 24.8 Å². The first kappa shape index (κ1) is 12.2. The number of anilines is 1. The van der Waals surface area contributed by atoms with Gasteiger partial charge in [0.15, 0.2) is 0 Å². The van der Waals surface area contributed by atoms with Crippen molar-refractivity contribution in [3.8, 4) is 5.75 Å². The third kappa shape index (κ3) is 2.22. The zero-order valence-electron chi connectivity index (χ0n) is 10.4. The number of nitrogens with zero attached hydrogens (tertiary/aromatic N) is 2. The summed E-state index contributed by atoms with van der Waals surface area (Å²) in [6.07, 6.45) is 0. The van der Waals surface area contributed by atoms with Gasteiger partial charge in [-0.25, -0.2) is 4.98 Å². The molecule has 2 rings (SSSR count). The average Bonchev–Trinajstić information content (AvgIpc) is 2.65. The van der Waals surface area contributed by atoms with Gasteiger partial charge in [0.2, 0.25) is 11.9 Å². The van der Waals surface area contributed by atoms with Crippen molar-refractivity contribution in [2.45, 2.75) is 13.5 Å². The van der Waals surface area contributed by atoms with Gasteiger partial charge in [-0.05, 0) is 12.1 Å². The zero-order chi connectivity index (χ0) is 13.1. The molecule has 1 aromatic heterocycles. The minimum absolute atomic E-state index is 0.0597. The molecule has 1 heterocycles. The van der Waals surface area contributed by atoms with E-state index < -0.39 is 0 Å². The van der Waals surface area contributed by atoms with Gasteiger partial charge in [0.05, 0.1) is 12.6 Å². The van der Waals surface area contributed by atoms with Gasteiger partial charge in [0.1, 0.15) is 11.3 Å². The highest BCUT2D eigenvalue weighted by Crippen LogP contribution is 2.26. The second-order valence-corrected chi connectivity index (χ2v) is 3.93. The quantitative estimate of drug-likeness (QED) is 0.837. The van der Waals surface area contributed by atoms with Gasteiger partial charge < -0.3 is 20.4 Å². The number of amides is 1. The van der Waals surface area contributed by atoms with Crippen molar-refractivity contribution in [1.82, 2.24) is 14.9 Å². The molecular weight excluding hydrogens is 232 g/mol. The molecule has 3 N–H and O–H groups in total. The second-order valence-electron chi connectivity index (χ2n) is 3.93. The van der Waals surface area contributed by atoms with E-state index in [4.69, 9.17) is 10.5 Å². The second kappa shape index (κ2) is 4.95. The van der Waals surface area contributed by atoms with Crippen LogP contribution in [-0.4, -0.2) is 29.1 Å². The predicted molar refractivity (Wildman–Crippen MR) is 69.4 cm³/mol. The molecule has 1 amide bonds. The number of methoxy groups -OCH3 is 1. The molecule has 1 aromatic carbocycles. The van der Waals surface area contributed by atoms with Crippen LogP contribution in [0.5, 0.6) is 5.75 Å². The highest BCUT2D eigenvalue weighted by molar-refractivity contribution is 5.84. The summed E-state index contributed by atoms with van der Waals surface area (Å²) in [5, 5.41) is 2.73. The summed E-state index contributed by atoms with van der Waals surface area (Å²) in [7, 11) is 1.60. The lowest BCUT2D eigenvalue weighted by atomic mass is 10.3. The molecule has 96 valence electrons. The van der Waals surface area contributed by atoms with Crippen LogP contribution in [-0.2, 0) is 11.3 Å². The van der Waals surface area contributed by atoms with Crippen LogP contribution in [0.2, 0.25) is 0 Å². The third-order valence-corrected chi connectivity index (χ3v) is 2.70. The molecule has 0 fully saturated rings. The monoisotopic (exact) mass is 248 g/mol. The Morgan fingerprint density at radius 1 is 1.56 bits per heavy atom. The Bertz CT molecular complexity index is 577. The number of carbonyl (C=O) groups is 1. The fourth-order valence-electron chi connectivity index (χ4n) is 1.88. The molecule has 0 saturated carbocycles. The predicted octanol–water partition coefficient (Wildman–Crippen LogP) is 0.763. The Balaban J connectivity index is 2.32. The summed E-state index contributed by atoms with van der Waals surface area (Å²) in [4.78, 5) is 15.1.